The number of carboxylic acid groups (broad SMARTS) is 1. The number of aryl methyl sites for hydroxylation is 1. The minimum absolute atomic E-state index is 0.0480. The number of carbonyl (C=O) groups is 2. The Balaban J connectivity index is 2.21. The second-order valence-corrected chi connectivity index (χ2v) is 5.02. The van der Waals surface area contributed by atoms with Gasteiger partial charge < -0.3 is 15.1 Å². The van der Waals surface area contributed by atoms with E-state index in [1.54, 1.807) is 12.3 Å². The molecule has 1 aromatic rings. The van der Waals surface area contributed by atoms with Gasteiger partial charge in [0.2, 0.25) is 0 Å². The van der Waals surface area contributed by atoms with Crippen LogP contribution in [0, 0.1) is 6.92 Å². The molecule has 1 unspecified atom stereocenters. The Morgan fingerprint density at radius 2 is 2.29 bits per heavy atom. The number of carbonyl (C=O) groups excluding carboxylic acids is 1. The van der Waals surface area contributed by atoms with Gasteiger partial charge in [0.25, 0.3) is 5.91 Å². The van der Waals surface area contributed by atoms with E-state index in [-0.39, 0.29) is 18.7 Å². The molecule has 1 aromatic heterocycles. The molecule has 0 saturated carbocycles. The lowest BCUT2D eigenvalue weighted by molar-refractivity contribution is -0.141. The number of aliphatic hydroxyl groups excluding tert-OH is 1. The van der Waals surface area contributed by atoms with Crippen molar-refractivity contribution in [3.05, 3.63) is 16.1 Å². The summed E-state index contributed by atoms with van der Waals surface area (Å²) in [6.45, 7) is 1.82. The second kappa shape index (κ2) is 4.42. The molecule has 17 heavy (non-hydrogen) atoms. The molecule has 92 valence electrons. The van der Waals surface area contributed by atoms with Crippen LogP contribution in [0.1, 0.15) is 21.9 Å². The Kier molecular flexibility index (Phi) is 3.12. The average Bonchev–Trinajstić information content (AvgIpc) is 2.83. The van der Waals surface area contributed by atoms with Crippen molar-refractivity contribution in [2.24, 2.45) is 0 Å². The third-order valence-corrected chi connectivity index (χ3v) is 3.44. The van der Waals surface area contributed by atoms with Gasteiger partial charge in [0.15, 0.2) is 0 Å². The average molecular weight is 256 g/mol. The minimum Gasteiger partial charge on any atom is -0.480 e. The lowest BCUT2D eigenvalue weighted by Gasteiger charge is -2.19. The van der Waals surface area contributed by atoms with Crippen LogP contribution >= 0.6 is 11.3 Å². The van der Waals surface area contributed by atoms with Crippen LogP contribution in [0.25, 0.3) is 0 Å². The summed E-state index contributed by atoms with van der Waals surface area (Å²) >= 11 is 1.33. The van der Waals surface area contributed by atoms with Crippen LogP contribution < -0.4 is 0 Å². The summed E-state index contributed by atoms with van der Waals surface area (Å²) in [5, 5.41) is 20.8. The molecule has 7 heteroatoms. The first-order valence-corrected chi connectivity index (χ1v) is 6.01. The Hall–Kier alpha value is -1.47. The molecule has 0 aliphatic carbocycles. The van der Waals surface area contributed by atoms with E-state index in [1.165, 1.54) is 16.2 Å². The zero-order chi connectivity index (χ0) is 12.6. The number of aromatic nitrogens is 1. The van der Waals surface area contributed by atoms with Crippen molar-refractivity contribution in [2.45, 2.75) is 25.5 Å². The molecule has 2 heterocycles. The van der Waals surface area contributed by atoms with Crippen molar-refractivity contribution in [3.8, 4) is 0 Å². The number of carboxylic acids is 1. The normalized spacial score (nSPS) is 24.0. The lowest BCUT2D eigenvalue weighted by Crippen LogP contribution is -2.40. The largest absolute Gasteiger partial charge is 0.480 e. The first kappa shape index (κ1) is 12.0. The highest BCUT2D eigenvalue weighted by atomic mass is 32.1. The van der Waals surface area contributed by atoms with Gasteiger partial charge in [-0.2, -0.15) is 0 Å². The molecular weight excluding hydrogens is 244 g/mol. The van der Waals surface area contributed by atoms with E-state index in [9.17, 15) is 14.7 Å². The van der Waals surface area contributed by atoms with Gasteiger partial charge >= 0.3 is 5.97 Å². The first-order valence-electron chi connectivity index (χ1n) is 5.13. The number of β-amino-alcohol motifs (C(OH)–C–C–N with tert-alkyl or cyclic N) is 1. The van der Waals surface area contributed by atoms with E-state index >= 15 is 0 Å². The Labute approximate surface area is 102 Å². The first-order chi connectivity index (χ1) is 7.99. The summed E-state index contributed by atoms with van der Waals surface area (Å²) in [5.74, 6) is -1.53. The standard InChI is InChI=1S/C10H12N2O4S/c1-5-11-7(4-17-5)9(14)12-3-6(13)2-8(12)10(15)16/h4,6,8,13H,2-3H2,1H3,(H,15,16)/t6?,8-/m0/s1. The van der Waals surface area contributed by atoms with Crippen molar-refractivity contribution in [2.75, 3.05) is 6.54 Å². The fourth-order valence-electron chi connectivity index (χ4n) is 1.88. The lowest BCUT2D eigenvalue weighted by atomic mass is 10.2. The molecule has 2 rings (SSSR count). The molecule has 1 aliphatic heterocycles. The summed E-state index contributed by atoms with van der Waals surface area (Å²) in [6.07, 6.45) is -0.704. The molecule has 1 saturated heterocycles. The fraction of sp³-hybridized carbons (Fsp3) is 0.500. The molecule has 1 amide bonds. The van der Waals surface area contributed by atoms with Crippen LogP contribution in [-0.4, -0.2) is 50.7 Å². The number of amides is 1. The molecule has 2 N–H and O–H groups in total. The number of aliphatic hydroxyl groups is 1. The highest BCUT2D eigenvalue weighted by molar-refractivity contribution is 7.09. The van der Waals surface area contributed by atoms with E-state index in [0.717, 1.165) is 5.01 Å². The fourth-order valence-corrected chi connectivity index (χ4v) is 2.47. The number of aliphatic carboxylic acids is 1. The minimum atomic E-state index is -1.10. The molecule has 0 radical (unpaired) electrons. The molecule has 2 atom stereocenters. The maximum atomic E-state index is 12.0. The predicted molar refractivity (Wildman–Crippen MR) is 59.9 cm³/mol. The zero-order valence-electron chi connectivity index (χ0n) is 9.16. The maximum absolute atomic E-state index is 12.0. The van der Waals surface area contributed by atoms with Gasteiger partial charge in [0.1, 0.15) is 11.7 Å². The molecule has 0 bridgehead atoms. The quantitative estimate of drug-likeness (QED) is 0.783. The van der Waals surface area contributed by atoms with Crippen molar-refractivity contribution >= 4 is 23.2 Å². The topological polar surface area (TPSA) is 90.7 Å². The van der Waals surface area contributed by atoms with E-state index in [2.05, 4.69) is 4.98 Å². The maximum Gasteiger partial charge on any atom is 0.326 e. The number of hydrogen-bond acceptors (Lipinski definition) is 5. The van der Waals surface area contributed by atoms with Crippen LogP contribution in [0.15, 0.2) is 5.38 Å². The van der Waals surface area contributed by atoms with Gasteiger partial charge in [-0.05, 0) is 6.92 Å². The van der Waals surface area contributed by atoms with Gasteiger partial charge in [-0.15, -0.1) is 11.3 Å². The van der Waals surface area contributed by atoms with Crippen molar-refractivity contribution in [3.63, 3.8) is 0 Å². The molecular formula is C10H12N2O4S. The third-order valence-electron chi connectivity index (χ3n) is 2.66. The zero-order valence-corrected chi connectivity index (χ0v) is 9.98. The summed E-state index contributed by atoms with van der Waals surface area (Å²) in [6, 6.07) is -0.959. The van der Waals surface area contributed by atoms with E-state index < -0.39 is 24.0 Å². The predicted octanol–water partition coefficient (Wildman–Crippen LogP) is 0.112. The summed E-state index contributed by atoms with van der Waals surface area (Å²) < 4.78 is 0. The molecule has 6 nitrogen and oxygen atoms in total. The third kappa shape index (κ3) is 2.29. The highest BCUT2D eigenvalue weighted by Crippen LogP contribution is 2.21. The van der Waals surface area contributed by atoms with E-state index in [1.807, 2.05) is 0 Å². The summed E-state index contributed by atoms with van der Waals surface area (Å²) in [7, 11) is 0. The van der Waals surface area contributed by atoms with Crippen LogP contribution in [0.2, 0.25) is 0 Å². The Bertz CT molecular complexity index is 459. The monoisotopic (exact) mass is 256 g/mol. The van der Waals surface area contributed by atoms with Crippen molar-refractivity contribution < 1.29 is 19.8 Å². The van der Waals surface area contributed by atoms with Gasteiger partial charge in [0, 0.05) is 18.3 Å². The number of likely N-dealkylation sites (tertiary alicyclic amines) is 1. The van der Waals surface area contributed by atoms with E-state index in [4.69, 9.17) is 5.11 Å². The number of rotatable bonds is 2. The van der Waals surface area contributed by atoms with Crippen LogP contribution in [0.3, 0.4) is 0 Å². The smallest absolute Gasteiger partial charge is 0.326 e. The SMILES string of the molecule is Cc1nc(C(=O)N2CC(O)C[C@H]2C(=O)O)cs1. The number of hydrogen-bond donors (Lipinski definition) is 2. The second-order valence-electron chi connectivity index (χ2n) is 3.95. The molecule has 0 aromatic carbocycles. The molecule has 1 aliphatic rings. The highest BCUT2D eigenvalue weighted by Gasteiger charge is 2.39. The van der Waals surface area contributed by atoms with Crippen molar-refractivity contribution in [1.82, 2.24) is 9.88 Å². The van der Waals surface area contributed by atoms with Crippen molar-refractivity contribution in [1.29, 1.82) is 0 Å². The van der Waals surface area contributed by atoms with Gasteiger partial charge in [0.05, 0.1) is 11.1 Å². The van der Waals surface area contributed by atoms with E-state index in [0.29, 0.717) is 0 Å². The molecule has 0 spiro atoms. The van der Waals surface area contributed by atoms with Crippen LogP contribution in [0.4, 0.5) is 0 Å². The summed E-state index contributed by atoms with van der Waals surface area (Å²) in [4.78, 5) is 28.2. The van der Waals surface area contributed by atoms with Gasteiger partial charge in [-0.1, -0.05) is 0 Å². The Morgan fingerprint density at radius 1 is 1.59 bits per heavy atom. The number of nitrogens with zero attached hydrogens (tertiary/aromatic N) is 2. The summed E-state index contributed by atoms with van der Waals surface area (Å²) in [5.41, 5.74) is 0.243. The van der Waals surface area contributed by atoms with Crippen LogP contribution in [0.5, 0.6) is 0 Å². The van der Waals surface area contributed by atoms with Gasteiger partial charge in [-0.25, -0.2) is 9.78 Å². The van der Waals surface area contributed by atoms with Gasteiger partial charge in [-0.3, -0.25) is 4.79 Å². The van der Waals surface area contributed by atoms with Crippen LogP contribution in [-0.2, 0) is 4.79 Å². The Morgan fingerprint density at radius 3 is 2.82 bits per heavy atom. The number of thiazole rings is 1. The molecule has 1 fully saturated rings.